The molecule has 4 heteroatoms. The molecule has 0 spiro atoms. The Morgan fingerprint density at radius 1 is 1.15 bits per heavy atom. The predicted octanol–water partition coefficient (Wildman–Crippen LogP) is 2.50. The lowest BCUT2D eigenvalue weighted by atomic mass is 10.0. The van der Waals surface area contributed by atoms with E-state index in [0.717, 1.165) is 22.1 Å². The molecule has 20 heavy (non-hydrogen) atoms. The number of ether oxygens (including phenoxy) is 2. The van der Waals surface area contributed by atoms with Crippen molar-refractivity contribution in [3.63, 3.8) is 0 Å². The fourth-order valence-electron chi connectivity index (χ4n) is 2.19. The highest BCUT2D eigenvalue weighted by atomic mass is 16.5. The van der Waals surface area contributed by atoms with Gasteiger partial charge in [-0.2, -0.15) is 0 Å². The maximum Gasteiger partial charge on any atom is 0.322 e. The van der Waals surface area contributed by atoms with E-state index in [-0.39, 0.29) is 12.0 Å². The highest BCUT2D eigenvalue weighted by molar-refractivity contribution is 5.91. The molecule has 4 nitrogen and oxygen atoms in total. The van der Waals surface area contributed by atoms with E-state index in [2.05, 4.69) is 11.4 Å². The number of carbonyl (C=O) groups excluding carboxylic acids is 1. The zero-order chi connectivity index (χ0) is 14.5. The molecule has 2 aromatic rings. The molecule has 0 aliphatic rings. The van der Waals surface area contributed by atoms with Crippen molar-refractivity contribution < 1.29 is 14.3 Å². The first-order chi connectivity index (χ1) is 9.67. The lowest BCUT2D eigenvalue weighted by molar-refractivity contribution is -0.142. The van der Waals surface area contributed by atoms with E-state index in [1.54, 1.807) is 14.0 Å². The molecule has 1 N–H and O–H groups in total. The van der Waals surface area contributed by atoms with E-state index in [0.29, 0.717) is 6.54 Å². The van der Waals surface area contributed by atoms with Crippen molar-refractivity contribution in [2.24, 2.45) is 0 Å². The Kier molecular flexibility index (Phi) is 4.58. The molecule has 0 heterocycles. The van der Waals surface area contributed by atoms with Crippen LogP contribution in [0.3, 0.4) is 0 Å². The molecule has 106 valence electrons. The van der Waals surface area contributed by atoms with Crippen LogP contribution in [0.2, 0.25) is 0 Å². The average Bonchev–Trinajstić information content (AvgIpc) is 2.51. The first-order valence-electron chi connectivity index (χ1n) is 6.53. The van der Waals surface area contributed by atoms with E-state index >= 15 is 0 Å². The highest BCUT2D eigenvalue weighted by Gasteiger charge is 2.13. The number of methoxy groups -OCH3 is 2. The molecule has 0 fully saturated rings. The van der Waals surface area contributed by atoms with Crippen molar-refractivity contribution in [3.05, 3.63) is 42.0 Å². The molecule has 0 bridgehead atoms. The van der Waals surface area contributed by atoms with Crippen LogP contribution in [0.4, 0.5) is 0 Å². The second-order valence-electron chi connectivity index (χ2n) is 4.60. The van der Waals surface area contributed by atoms with E-state index in [4.69, 9.17) is 9.47 Å². The lowest BCUT2D eigenvalue weighted by Gasteiger charge is -2.14. The summed E-state index contributed by atoms with van der Waals surface area (Å²) in [5.41, 5.74) is 1.12. The van der Waals surface area contributed by atoms with Gasteiger partial charge in [-0.05, 0) is 23.9 Å². The molecular formula is C16H19NO3. The molecule has 0 aliphatic carbocycles. The Morgan fingerprint density at radius 3 is 2.50 bits per heavy atom. The van der Waals surface area contributed by atoms with Crippen LogP contribution in [-0.2, 0) is 16.1 Å². The topological polar surface area (TPSA) is 47.6 Å². The van der Waals surface area contributed by atoms with Crippen molar-refractivity contribution in [1.29, 1.82) is 0 Å². The fraction of sp³-hybridized carbons (Fsp3) is 0.312. The van der Waals surface area contributed by atoms with Crippen LogP contribution >= 0.6 is 0 Å². The Morgan fingerprint density at radius 2 is 1.85 bits per heavy atom. The smallest absolute Gasteiger partial charge is 0.322 e. The molecule has 2 aromatic carbocycles. The quantitative estimate of drug-likeness (QED) is 0.850. The van der Waals surface area contributed by atoms with Crippen LogP contribution in [0, 0.1) is 0 Å². The van der Waals surface area contributed by atoms with E-state index < -0.39 is 0 Å². The summed E-state index contributed by atoms with van der Waals surface area (Å²) in [7, 11) is 3.06. The summed E-state index contributed by atoms with van der Waals surface area (Å²) >= 11 is 0. The standard InChI is InChI=1S/C16H19NO3/c1-11(16(18)20-3)17-10-12-8-9-15(19-2)14-7-5-4-6-13(12)14/h4-9,11,17H,10H2,1-3H3/t11-/m0/s1. The van der Waals surface area contributed by atoms with Crippen LogP contribution in [-0.4, -0.2) is 26.2 Å². The van der Waals surface area contributed by atoms with Crippen LogP contribution < -0.4 is 10.1 Å². The zero-order valence-electron chi connectivity index (χ0n) is 12.0. The molecule has 0 radical (unpaired) electrons. The highest BCUT2D eigenvalue weighted by Crippen LogP contribution is 2.28. The van der Waals surface area contributed by atoms with E-state index in [1.807, 2.05) is 30.3 Å². The Balaban J connectivity index is 2.25. The van der Waals surface area contributed by atoms with E-state index in [9.17, 15) is 4.79 Å². The third kappa shape index (κ3) is 2.91. The lowest BCUT2D eigenvalue weighted by Crippen LogP contribution is -2.34. The maximum atomic E-state index is 11.4. The number of rotatable bonds is 5. The molecule has 1 atom stereocenters. The van der Waals surface area contributed by atoms with Gasteiger partial charge in [0.1, 0.15) is 11.8 Å². The first kappa shape index (κ1) is 14.3. The summed E-state index contributed by atoms with van der Waals surface area (Å²) in [5.74, 6) is 0.591. The van der Waals surface area contributed by atoms with Crippen LogP contribution in [0.1, 0.15) is 12.5 Å². The van der Waals surface area contributed by atoms with Gasteiger partial charge in [-0.15, -0.1) is 0 Å². The number of hydrogen-bond acceptors (Lipinski definition) is 4. The Hall–Kier alpha value is -2.07. The van der Waals surface area contributed by atoms with Crippen molar-refractivity contribution in [2.75, 3.05) is 14.2 Å². The second kappa shape index (κ2) is 6.39. The summed E-state index contributed by atoms with van der Waals surface area (Å²) in [5, 5.41) is 5.36. The minimum atomic E-state index is -0.333. The number of hydrogen-bond donors (Lipinski definition) is 1. The monoisotopic (exact) mass is 273 g/mol. The normalized spacial score (nSPS) is 12.2. The number of esters is 1. The van der Waals surface area contributed by atoms with Crippen LogP contribution in [0.15, 0.2) is 36.4 Å². The van der Waals surface area contributed by atoms with Gasteiger partial charge < -0.3 is 14.8 Å². The van der Waals surface area contributed by atoms with Gasteiger partial charge >= 0.3 is 5.97 Å². The molecule has 2 rings (SSSR count). The molecule has 0 saturated carbocycles. The molecule has 0 unspecified atom stereocenters. The van der Waals surface area contributed by atoms with Crippen LogP contribution in [0.25, 0.3) is 10.8 Å². The second-order valence-corrected chi connectivity index (χ2v) is 4.60. The van der Waals surface area contributed by atoms with Crippen molar-refractivity contribution in [3.8, 4) is 5.75 Å². The van der Waals surface area contributed by atoms with Gasteiger partial charge in [-0.3, -0.25) is 4.79 Å². The predicted molar refractivity (Wildman–Crippen MR) is 78.8 cm³/mol. The van der Waals surface area contributed by atoms with Gasteiger partial charge in [0.25, 0.3) is 0 Å². The van der Waals surface area contributed by atoms with Crippen molar-refractivity contribution >= 4 is 16.7 Å². The van der Waals surface area contributed by atoms with Gasteiger partial charge in [0.05, 0.1) is 14.2 Å². The Bertz CT molecular complexity index is 610. The Labute approximate surface area is 118 Å². The summed E-state index contributed by atoms with van der Waals surface area (Å²) in [6.45, 7) is 2.39. The third-order valence-electron chi connectivity index (χ3n) is 3.35. The van der Waals surface area contributed by atoms with Gasteiger partial charge in [0.2, 0.25) is 0 Å². The molecule has 0 saturated heterocycles. The molecular weight excluding hydrogens is 254 g/mol. The minimum Gasteiger partial charge on any atom is -0.496 e. The molecule has 0 aliphatic heterocycles. The zero-order valence-corrected chi connectivity index (χ0v) is 12.0. The summed E-state index contributed by atoms with van der Waals surface area (Å²) < 4.78 is 10.1. The number of nitrogens with one attached hydrogen (secondary N) is 1. The molecule has 0 amide bonds. The SMILES string of the molecule is COC(=O)[C@H](C)NCc1ccc(OC)c2ccccc12. The molecule has 0 aromatic heterocycles. The van der Waals surface area contributed by atoms with Crippen molar-refractivity contribution in [1.82, 2.24) is 5.32 Å². The van der Waals surface area contributed by atoms with E-state index in [1.165, 1.54) is 7.11 Å². The number of fused-ring (bicyclic) bond motifs is 1. The third-order valence-corrected chi connectivity index (χ3v) is 3.35. The van der Waals surface area contributed by atoms with Crippen LogP contribution in [0.5, 0.6) is 5.75 Å². The largest absolute Gasteiger partial charge is 0.496 e. The summed E-state index contributed by atoms with van der Waals surface area (Å²) in [6.07, 6.45) is 0. The maximum absolute atomic E-state index is 11.4. The summed E-state index contributed by atoms with van der Waals surface area (Å²) in [6, 6.07) is 11.7. The van der Waals surface area contributed by atoms with Gasteiger partial charge in [0.15, 0.2) is 0 Å². The minimum absolute atomic E-state index is 0.261. The van der Waals surface area contributed by atoms with Crippen molar-refractivity contribution in [2.45, 2.75) is 19.5 Å². The number of benzene rings is 2. The fourth-order valence-corrected chi connectivity index (χ4v) is 2.19. The van der Waals surface area contributed by atoms with Gasteiger partial charge in [0, 0.05) is 11.9 Å². The first-order valence-corrected chi connectivity index (χ1v) is 6.53. The summed E-state index contributed by atoms with van der Waals surface area (Å²) in [4.78, 5) is 11.4. The number of carbonyl (C=O) groups is 1. The average molecular weight is 273 g/mol. The van der Waals surface area contributed by atoms with Gasteiger partial charge in [-0.1, -0.05) is 30.3 Å². The van der Waals surface area contributed by atoms with Gasteiger partial charge in [-0.25, -0.2) is 0 Å².